The number of benzene rings is 3. The lowest BCUT2D eigenvalue weighted by Gasteiger charge is -2.27. The molecule has 43 heavy (non-hydrogen) atoms. The fourth-order valence-electron chi connectivity index (χ4n) is 7.76. The van der Waals surface area contributed by atoms with Gasteiger partial charge in [0.2, 0.25) is 0 Å². The average Bonchev–Trinajstić information content (AvgIpc) is 3.46. The van der Waals surface area contributed by atoms with Crippen LogP contribution in [-0.2, 0) is 13.0 Å². The van der Waals surface area contributed by atoms with Crippen LogP contribution in [0, 0.1) is 18.3 Å². The Morgan fingerprint density at radius 2 is 1.84 bits per heavy atom. The first-order chi connectivity index (χ1) is 20.9. The Bertz CT molecular complexity index is 1440. The van der Waals surface area contributed by atoms with Crippen molar-refractivity contribution in [1.82, 2.24) is 5.32 Å². The zero-order chi connectivity index (χ0) is 30.0. The molecule has 0 amide bonds. The normalized spacial score (nSPS) is 24.2. The molecule has 2 unspecified atom stereocenters. The maximum Gasteiger partial charge on any atom is 0.142 e. The van der Waals surface area contributed by atoms with Crippen LogP contribution < -0.4 is 19.5 Å². The van der Waals surface area contributed by atoms with Gasteiger partial charge in [0.25, 0.3) is 0 Å². The van der Waals surface area contributed by atoms with E-state index in [2.05, 4.69) is 48.6 Å². The van der Waals surface area contributed by atoms with E-state index in [0.29, 0.717) is 29.3 Å². The van der Waals surface area contributed by atoms with Gasteiger partial charge in [0.1, 0.15) is 23.4 Å². The highest BCUT2D eigenvalue weighted by molar-refractivity contribution is 6.32. The molecule has 3 aliphatic carbocycles. The Balaban J connectivity index is 1.13. The van der Waals surface area contributed by atoms with Gasteiger partial charge in [-0.15, -0.1) is 0 Å². The minimum absolute atomic E-state index is 0.0622. The van der Waals surface area contributed by atoms with Crippen LogP contribution in [0.3, 0.4) is 0 Å². The number of halogens is 1. The van der Waals surface area contributed by atoms with Crippen molar-refractivity contribution in [3.05, 3.63) is 75.8 Å². The summed E-state index contributed by atoms with van der Waals surface area (Å²) >= 11 is 6.69. The number of hydrogen-bond donors (Lipinski definition) is 2. The van der Waals surface area contributed by atoms with Crippen molar-refractivity contribution in [2.24, 2.45) is 11.3 Å². The standard InChI is InChI=1S/C37H46ClNO4/c1-4-41-35-20-36(32(38)19-25(35)23-39-3)43-34-16-15-30-29(12-5-13-31(30)34)28-11-6-14-33(24(28)2)42-18-8-9-26-21-37(26)17-7-10-27(40)22-37/h5-6,11-14,19-20,26-27,34,39-40H,4,7-10,15-18,21-23H2,1-3H3/t26?,27-,34+,37?/m1/s1. The van der Waals surface area contributed by atoms with E-state index >= 15 is 0 Å². The first-order valence-corrected chi connectivity index (χ1v) is 16.6. The summed E-state index contributed by atoms with van der Waals surface area (Å²) in [4.78, 5) is 0. The topological polar surface area (TPSA) is 60.0 Å². The summed E-state index contributed by atoms with van der Waals surface area (Å²) in [5.74, 6) is 3.21. The molecule has 2 N–H and O–H groups in total. The first-order valence-electron chi connectivity index (χ1n) is 16.2. The minimum Gasteiger partial charge on any atom is -0.493 e. The first kappa shape index (κ1) is 30.3. The van der Waals surface area contributed by atoms with Gasteiger partial charge < -0.3 is 24.6 Å². The second-order valence-corrected chi connectivity index (χ2v) is 13.2. The second kappa shape index (κ2) is 13.1. The van der Waals surface area contributed by atoms with Crippen LogP contribution in [0.1, 0.15) is 86.6 Å². The van der Waals surface area contributed by atoms with Gasteiger partial charge >= 0.3 is 0 Å². The lowest BCUT2D eigenvalue weighted by molar-refractivity contribution is 0.0855. The fraction of sp³-hybridized carbons (Fsp3) is 0.514. The second-order valence-electron chi connectivity index (χ2n) is 12.8. The summed E-state index contributed by atoms with van der Waals surface area (Å²) in [5, 5.41) is 13.9. The summed E-state index contributed by atoms with van der Waals surface area (Å²) < 4.78 is 18.8. The van der Waals surface area contributed by atoms with Gasteiger partial charge in [-0.1, -0.05) is 48.4 Å². The third kappa shape index (κ3) is 6.41. The maximum absolute atomic E-state index is 10.1. The quantitative estimate of drug-likeness (QED) is 0.203. The Hall–Kier alpha value is -2.73. The monoisotopic (exact) mass is 603 g/mol. The van der Waals surface area contributed by atoms with E-state index in [1.165, 1.54) is 53.5 Å². The van der Waals surface area contributed by atoms with Crippen LogP contribution >= 0.6 is 11.6 Å². The Labute approximate surface area is 261 Å². The lowest BCUT2D eigenvalue weighted by atomic mass is 9.82. The van der Waals surface area contributed by atoms with Crippen molar-refractivity contribution in [2.75, 3.05) is 20.3 Å². The van der Waals surface area contributed by atoms with Crippen LogP contribution in [0.4, 0.5) is 0 Å². The average molecular weight is 604 g/mol. The zero-order valence-electron chi connectivity index (χ0n) is 25.9. The predicted octanol–water partition coefficient (Wildman–Crippen LogP) is 8.60. The van der Waals surface area contributed by atoms with E-state index in [4.69, 9.17) is 25.8 Å². The van der Waals surface area contributed by atoms with Crippen molar-refractivity contribution >= 4 is 11.6 Å². The molecule has 0 heterocycles. The van der Waals surface area contributed by atoms with Gasteiger partial charge in [0.05, 0.1) is 24.3 Å². The maximum atomic E-state index is 10.1. The van der Waals surface area contributed by atoms with Crippen LogP contribution in [0.25, 0.3) is 11.1 Å². The Kier molecular flexibility index (Phi) is 9.23. The van der Waals surface area contributed by atoms with Crippen LogP contribution in [0.2, 0.25) is 5.02 Å². The largest absolute Gasteiger partial charge is 0.493 e. The molecule has 0 bridgehead atoms. The van der Waals surface area contributed by atoms with E-state index < -0.39 is 0 Å². The van der Waals surface area contributed by atoms with E-state index in [0.717, 1.165) is 61.7 Å². The molecule has 1 spiro atoms. The molecule has 6 heteroatoms. The molecule has 0 radical (unpaired) electrons. The van der Waals surface area contributed by atoms with E-state index in [1.54, 1.807) is 0 Å². The highest BCUT2D eigenvalue weighted by Gasteiger charge is 2.54. The Morgan fingerprint density at radius 1 is 1.00 bits per heavy atom. The third-order valence-electron chi connectivity index (χ3n) is 10.0. The molecule has 2 saturated carbocycles. The summed E-state index contributed by atoms with van der Waals surface area (Å²) in [6.07, 6.45) is 9.75. The number of ether oxygens (including phenoxy) is 3. The van der Waals surface area contributed by atoms with Gasteiger partial charge in [0.15, 0.2) is 0 Å². The molecule has 0 aliphatic heterocycles. The molecule has 3 aromatic carbocycles. The molecule has 230 valence electrons. The van der Waals surface area contributed by atoms with Crippen molar-refractivity contribution in [1.29, 1.82) is 0 Å². The summed E-state index contributed by atoms with van der Waals surface area (Å²) in [6.45, 7) is 6.16. The van der Waals surface area contributed by atoms with Crippen LogP contribution in [0.15, 0.2) is 48.5 Å². The number of aliphatic hydroxyl groups is 1. The Morgan fingerprint density at radius 3 is 2.65 bits per heavy atom. The van der Waals surface area contributed by atoms with Gasteiger partial charge in [0, 0.05) is 18.2 Å². The van der Waals surface area contributed by atoms with Crippen LogP contribution in [0.5, 0.6) is 17.2 Å². The summed E-state index contributed by atoms with van der Waals surface area (Å²) in [5.41, 5.74) is 7.69. The molecule has 5 nitrogen and oxygen atoms in total. The molecule has 6 rings (SSSR count). The molecule has 0 aromatic heterocycles. The van der Waals surface area contributed by atoms with Crippen molar-refractivity contribution in [3.63, 3.8) is 0 Å². The number of aliphatic hydroxyl groups excluding tert-OH is 1. The fourth-order valence-corrected chi connectivity index (χ4v) is 7.99. The molecule has 2 fully saturated rings. The number of hydrogen-bond acceptors (Lipinski definition) is 5. The smallest absolute Gasteiger partial charge is 0.142 e. The summed E-state index contributed by atoms with van der Waals surface area (Å²) in [6, 6.07) is 16.9. The SMILES string of the molecule is CCOc1cc(O[C@H]2CCc3c(-c4cccc(OCCCC5CC56CCC[C@@H](O)C6)c4C)cccc32)c(Cl)cc1CNC. The third-order valence-corrected chi connectivity index (χ3v) is 10.3. The zero-order valence-corrected chi connectivity index (χ0v) is 26.6. The predicted molar refractivity (Wildman–Crippen MR) is 173 cm³/mol. The molecular weight excluding hydrogens is 558 g/mol. The molecule has 3 aromatic rings. The van der Waals surface area contributed by atoms with E-state index in [1.807, 2.05) is 26.1 Å². The van der Waals surface area contributed by atoms with Gasteiger partial charge in [-0.25, -0.2) is 0 Å². The van der Waals surface area contributed by atoms with Gasteiger partial charge in [-0.2, -0.15) is 0 Å². The molecule has 0 saturated heterocycles. The van der Waals surface area contributed by atoms with Crippen molar-refractivity contribution in [2.45, 2.75) is 90.4 Å². The molecular formula is C37H46ClNO4. The van der Waals surface area contributed by atoms with Crippen molar-refractivity contribution in [3.8, 4) is 28.4 Å². The number of nitrogens with one attached hydrogen (secondary N) is 1. The minimum atomic E-state index is -0.0809. The number of fused-ring (bicyclic) bond motifs is 1. The highest BCUT2D eigenvalue weighted by Crippen LogP contribution is 2.63. The van der Waals surface area contributed by atoms with E-state index in [9.17, 15) is 5.11 Å². The van der Waals surface area contributed by atoms with Crippen molar-refractivity contribution < 1.29 is 19.3 Å². The summed E-state index contributed by atoms with van der Waals surface area (Å²) in [7, 11) is 1.92. The van der Waals surface area contributed by atoms with E-state index in [-0.39, 0.29) is 12.2 Å². The van der Waals surface area contributed by atoms with Crippen LogP contribution in [-0.4, -0.2) is 31.5 Å². The van der Waals surface area contributed by atoms with Gasteiger partial charge in [-0.3, -0.25) is 0 Å². The molecule has 3 aliphatic rings. The lowest BCUT2D eigenvalue weighted by Crippen LogP contribution is -2.22. The molecule has 4 atom stereocenters. The highest BCUT2D eigenvalue weighted by atomic mass is 35.5. The number of rotatable bonds is 12. The van der Waals surface area contributed by atoms with Gasteiger partial charge in [-0.05, 0) is 124 Å².